The Labute approximate surface area is 95.9 Å². The average molecular weight is 219 g/mol. The van der Waals surface area contributed by atoms with Crippen LogP contribution in [0, 0.1) is 0 Å². The summed E-state index contributed by atoms with van der Waals surface area (Å²) < 4.78 is 0. The van der Waals surface area contributed by atoms with E-state index in [-0.39, 0.29) is 5.41 Å². The minimum absolute atomic E-state index is 0.0983. The molecule has 0 heterocycles. The van der Waals surface area contributed by atoms with Gasteiger partial charge in [-0.25, -0.2) is 0 Å². The third-order valence-electron chi connectivity index (χ3n) is 2.67. The van der Waals surface area contributed by atoms with Crippen LogP contribution in [-0.4, -0.2) is 0 Å². The Bertz CT molecular complexity index is 492. The van der Waals surface area contributed by atoms with Gasteiger partial charge in [-0.2, -0.15) is 0 Å². The summed E-state index contributed by atoms with van der Waals surface area (Å²) in [7, 11) is 0. The Hall–Kier alpha value is -1.01. The van der Waals surface area contributed by atoms with E-state index in [4.69, 9.17) is 11.6 Å². The predicted molar refractivity (Wildman–Crippen MR) is 67.7 cm³/mol. The maximum Gasteiger partial charge on any atom is 0.0521 e. The molecule has 0 saturated carbocycles. The van der Waals surface area contributed by atoms with Gasteiger partial charge in [0.15, 0.2) is 0 Å². The molecule has 0 aliphatic carbocycles. The van der Waals surface area contributed by atoms with Gasteiger partial charge in [0.25, 0.3) is 0 Å². The summed E-state index contributed by atoms with van der Waals surface area (Å²) in [5.74, 6) is 0. The normalized spacial score (nSPS) is 12.0. The molecule has 0 saturated heterocycles. The molecule has 0 aromatic heterocycles. The van der Waals surface area contributed by atoms with Crippen LogP contribution >= 0.6 is 11.6 Å². The summed E-state index contributed by atoms with van der Waals surface area (Å²) in [6, 6.07) is 12.5. The third kappa shape index (κ3) is 1.87. The first kappa shape index (κ1) is 10.5. The highest BCUT2D eigenvalue weighted by molar-refractivity contribution is 6.36. The lowest BCUT2D eigenvalue weighted by Crippen LogP contribution is -2.11. The largest absolute Gasteiger partial charge is 0.0833 e. The van der Waals surface area contributed by atoms with Gasteiger partial charge in [0.05, 0.1) is 5.02 Å². The standard InChI is InChI=1S/C14H15Cl/c1-14(2,3)12-9-8-10-6-4-5-7-11(10)13(12)15/h4-9H,1-3H3. The summed E-state index contributed by atoms with van der Waals surface area (Å²) in [6.45, 7) is 6.55. The van der Waals surface area contributed by atoms with Crippen LogP contribution in [0.5, 0.6) is 0 Å². The van der Waals surface area contributed by atoms with Crippen molar-refractivity contribution in [3.05, 3.63) is 47.0 Å². The van der Waals surface area contributed by atoms with Crippen LogP contribution < -0.4 is 0 Å². The predicted octanol–water partition coefficient (Wildman–Crippen LogP) is 4.79. The van der Waals surface area contributed by atoms with E-state index < -0.39 is 0 Å². The van der Waals surface area contributed by atoms with Crippen LogP contribution in [0.4, 0.5) is 0 Å². The molecule has 0 N–H and O–H groups in total. The summed E-state index contributed by atoms with van der Waals surface area (Å²) in [5.41, 5.74) is 1.31. The Balaban J connectivity index is 2.76. The molecule has 0 spiro atoms. The minimum Gasteiger partial charge on any atom is -0.0833 e. The lowest BCUT2D eigenvalue weighted by molar-refractivity contribution is 0.591. The number of halogens is 1. The fraction of sp³-hybridized carbons (Fsp3) is 0.286. The van der Waals surface area contributed by atoms with Crippen molar-refractivity contribution < 1.29 is 0 Å². The maximum absolute atomic E-state index is 6.43. The summed E-state index contributed by atoms with van der Waals surface area (Å²) in [6.07, 6.45) is 0. The van der Waals surface area contributed by atoms with Crippen LogP contribution in [0.3, 0.4) is 0 Å². The second kappa shape index (κ2) is 3.53. The molecule has 78 valence electrons. The molecular formula is C14H15Cl. The molecule has 0 fully saturated rings. The molecule has 0 atom stereocenters. The van der Waals surface area contributed by atoms with Gasteiger partial charge >= 0.3 is 0 Å². The number of hydrogen-bond acceptors (Lipinski definition) is 0. The van der Waals surface area contributed by atoms with E-state index in [1.54, 1.807) is 0 Å². The summed E-state index contributed by atoms with van der Waals surface area (Å²) in [5, 5.41) is 3.24. The van der Waals surface area contributed by atoms with Crippen molar-refractivity contribution in [1.82, 2.24) is 0 Å². The summed E-state index contributed by atoms with van der Waals surface area (Å²) in [4.78, 5) is 0. The molecular weight excluding hydrogens is 204 g/mol. The van der Waals surface area contributed by atoms with Gasteiger partial charge in [0.2, 0.25) is 0 Å². The molecule has 1 heteroatoms. The van der Waals surface area contributed by atoms with Gasteiger partial charge < -0.3 is 0 Å². The minimum atomic E-state index is 0.0983. The molecule has 2 aromatic carbocycles. The van der Waals surface area contributed by atoms with Crippen molar-refractivity contribution in [2.45, 2.75) is 26.2 Å². The molecule has 0 aliphatic rings. The number of fused-ring (bicyclic) bond motifs is 1. The maximum atomic E-state index is 6.43. The van der Waals surface area contributed by atoms with Crippen molar-refractivity contribution in [2.75, 3.05) is 0 Å². The van der Waals surface area contributed by atoms with Crippen LogP contribution in [0.15, 0.2) is 36.4 Å². The molecule has 2 rings (SSSR count). The Morgan fingerprint density at radius 1 is 0.933 bits per heavy atom. The number of hydrogen-bond donors (Lipinski definition) is 0. The first-order chi connectivity index (χ1) is 7.00. The Kier molecular flexibility index (Phi) is 2.47. The molecule has 0 aliphatic heterocycles. The lowest BCUT2D eigenvalue weighted by Gasteiger charge is -2.21. The van der Waals surface area contributed by atoms with Crippen LogP contribution in [-0.2, 0) is 5.41 Å². The van der Waals surface area contributed by atoms with Gasteiger partial charge in [-0.3, -0.25) is 0 Å². The third-order valence-corrected chi connectivity index (χ3v) is 3.08. The van der Waals surface area contributed by atoms with Crippen LogP contribution in [0.2, 0.25) is 5.02 Å². The quantitative estimate of drug-likeness (QED) is 0.597. The van der Waals surface area contributed by atoms with Gasteiger partial charge in [0, 0.05) is 5.39 Å². The fourth-order valence-corrected chi connectivity index (χ4v) is 2.33. The molecule has 0 amide bonds. The van der Waals surface area contributed by atoms with E-state index in [9.17, 15) is 0 Å². The molecule has 0 unspecified atom stereocenters. The molecule has 0 bridgehead atoms. The highest BCUT2D eigenvalue weighted by Crippen LogP contribution is 2.34. The van der Waals surface area contributed by atoms with Gasteiger partial charge in [0.1, 0.15) is 0 Å². The number of rotatable bonds is 0. The molecule has 15 heavy (non-hydrogen) atoms. The average Bonchev–Trinajstić information content (AvgIpc) is 2.16. The van der Waals surface area contributed by atoms with E-state index in [0.717, 1.165) is 10.4 Å². The summed E-state index contributed by atoms with van der Waals surface area (Å²) >= 11 is 6.43. The fourth-order valence-electron chi connectivity index (χ4n) is 1.81. The van der Waals surface area contributed by atoms with Gasteiger partial charge in [-0.1, -0.05) is 68.8 Å². The molecule has 0 nitrogen and oxygen atoms in total. The highest BCUT2D eigenvalue weighted by atomic mass is 35.5. The topological polar surface area (TPSA) is 0 Å². The number of benzene rings is 2. The molecule has 0 radical (unpaired) electrons. The zero-order valence-corrected chi connectivity index (χ0v) is 10.1. The van der Waals surface area contributed by atoms with Gasteiger partial charge in [-0.15, -0.1) is 0 Å². The first-order valence-corrected chi connectivity index (χ1v) is 5.55. The van der Waals surface area contributed by atoms with Crippen molar-refractivity contribution in [3.63, 3.8) is 0 Å². The second-order valence-electron chi connectivity index (χ2n) is 4.90. The van der Waals surface area contributed by atoms with Gasteiger partial charge in [-0.05, 0) is 16.4 Å². The van der Waals surface area contributed by atoms with Crippen molar-refractivity contribution in [1.29, 1.82) is 0 Å². The van der Waals surface area contributed by atoms with Crippen molar-refractivity contribution in [2.24, 2.45) is 0 Å². The van der Waals surface area contributed by atoms with Crippen molar-refractivity contribution in [3.8, 4) is 0 Å². The van der Waals surface area contributed by atoms with Crippen molar-refractivity contribution >= 4 is 22.4 Å². The SMILES string of the molecule is CC(C)(C)c1ccc2ccccc2c1Cl. The van der Waals surface area contributed by atoms with E-state index in [0.29, 0.717) is 0 Å². The monoisotopic (exact) mass is 218 g/mol. The Morgan fingerprint density at radius 2 is 1.60 bits per heavy atom. The van der Waals surface area contributed by atoms with E-state index in [1.165, 1.54) is 10.9 Å². The van der Waals surface area contributed by atoms with E-state index in [1.807, 2.05) is 12.1 Å². The Morgan fingerprint density at radius 3 is 2.27 bits per heavy atom. The second-order valence-corrected chi connectivity index (χ2v) is 5.28. The van der Waals surface area contributed by atoms with E-state index in [2.05, 4.69) is 45.0 Å². The zero-order valence-electron chi connectivity index (χ0n) is 9.34. The van der Waals surface area contributed by atoms with E-state index >= 15 is 0 Å². The highest BCUT2D eigenvalue weighted by Gasteiger charge is 2.18. The zero-order chi connectivity index (χ0) is 11.1. The smallest absolute Gasteiger partial charge is 0.0521 e. The molecule has 2 aromatic rings. The van der Waals surface area contributed by atoms with Crippen LogP contribution in [0.25, 0.3) is 10.8 Å². The first-order valence-electron chi connectivity index (χ1n) is 5.18. The van der Waals surface area contributed by atoms with Crippen LogP contribution in [0.1, 0.15) is 26.3 Å². The lowest BCUT2D eigenvalue weighted by atomic mass is 9.86.